The van der Waals surface area contributed by atoms with Gasteiger partial charge in [-0.2, -0.15) is 0 Å². The molecule has 1 unspecified atom stereocenters. The fraction of sp³-hybridized carbons (Fsp3) is 0.417. The number of benzene rings is 1. The SMILES string of the molecule is CC(=O)C(C)N(C)Cc1ccc(Cl)cc1. The van der Waals surface area contributed by atoms with Crippen LogP contribution in [0, 0.1) is 0 Å². The van der Waals surface area contributed by atoms with Crippen molar-refractivity contribution in [3.63, 3.8) is 0 Å². The Kier molecular flexibility index (Phi) is 4.30. The van der Waals surface area contributed by atoms with E-state index >= 15 is 0 Å². The second-order valence-corrected chi connectivity index (χ2v) is 4.26. The molecule has 0 bridgehead atoms. The van der Waals surface area contributed by atoms with E-state index in [1.54, 1.807) is 6.92 Å². The Morgan fingerprint density at radius 1 is 1.40 bits per heavy atom. The van der Waals surface area contributed by atoms with Crippen LogP contribution < -0.4 is 0 Å². The van der Waals surface area contributed by atoms with E-state index in [2.05, 4.69) is 0 Å². The molecule has 1 aromatic carbocycles. The molecule has 0 aromatic heterocycles. The summed E-state index contributed by atoms with van der Waals surface area (Å²) in [6, 6.07) is 7.64. The lowest BCUT2D eigenvalue weighted by Gasteiger charge is -2.22. The van der Waals surface area contributed by atoms with Crippen LogP contribution in [0.2, 0.25) is 5.02 Å². The van der Waals surface area contributed by atoms with Gasteiger partial charge < -0.3 is 0 Å². The number of ketones is 1. The van der Waals surface area contributed by atoms with Crippen molar-refractivity contribution >= 4 is 17.4 Å². The maximum Gasteiger partial charge on any atom is 0.146 e. The van der Waals surface area contributed by atoms with Crippen molar-refractivity contribution < 1.29 is 4.79 Å². The van der Waals surface area contributed by atoms with Crippen molar-refractivity contribution in [3.05, 3.63) is 34.9 Å². The zero-order valence-corrected chi connectivity index (χ0v) is 10.1. The molecule has 0 saturated heterocycles. The zero-order valence-electron chi connectivity index (χ0n) is 9.33. The molecule has 0 radical (unpaired) electrons. The van der Waals surface area contributed by atoms with Gasteiger partial charge in [0.2, 0.25) is 0 Å². The van der Waals surface area contributed by atoms with Crippen molar-refractivity contribution in [1.82, 2.24) is 4.90 Å². The molecule has 82 valence electrons. The van der Waals surface area contributed by atoms with Gasteiger partial charge in [0, 0.05) is 11.6 Å². The predicted molar refractivity (Wildman–Crippen MR) is 63.1 cm³/mol. The number of carbonyl (C=O) groups is 1. The molecule has 1 rings (SSSR count). The van der Waals surface area contributed by atoms with Crippen LogP contribution >= 0.6 is 11.6 Å². The molecular weight excluding hydrogens is 210 g/mol. The van der Waals surface area contributed by atoms with Gasteiger partial charge in [0.05, 0.1) is 6.04 Å². The molecule has 0 N–H and O–H groups in total. The summed E-state index contributed by atoms with van der Waals surface area (Å²) in [7, 11) is 1.95. The van der Waals surface area contributed by atoms with Gasteiger partial charge in [-0.25, -0.2) is 0 Å². The second kappa shape index (κ2) is 5.29. The Labute approximate surface area is 95.8 Å². The Hall–Kier alpha value is -0.860. The first-order chi connectivity index (χ1) is 7.00. The van der Waals surface area contributed by atoms with Crippen LogP contribution in [0.5, 0.6) is 0 Å². The molecule has 1 aromatic rings. The smallest absolute Gasteiger partial charge is 0.146 e. The van der Waals surface area contributed by atoms with Gasteiger partial charge in [-0.05, 0) is 38.6 Å². The van der Waals surface area contributed by atoms with E-state index in [4.69, 9.17) is 11.6 Å². The maximum absolute atomic E-state index is 11.2. The largest absolute Gasteiger partial charge is 0.298 e. The van der Waals surface area contributed by atoms with Crippen molar-refractivity contribution in [2.24, 2.45) is 0 Å². The average molecular weight is 226 g/mol. The standard InChI is InChI=1S/C12H16ClNO/c1-9(10(2)15)14(3)8-11-4-6-12(13)7-5-11/h4-7,9H,8H2,1-3H3. The number of likely N-dealkylation sites (N-methyl/N-ethyl adjacent to an activating group) is 1. The monoisotopic (exact) mass is 225 g/mol. The third-order valence-electron chi connectivity index (χ3n) is 2.59. The first-order valence-corrected chi connectivity index (χ1v) is 5.33. The summed E-state index contributed by atoms with van der Waals surface area (Å²) in [6.45, 7) is 4.29. The first-order valence-electron chi connectivity index (χ1n) is 4.96. The van der Waals surface area contributed by atoms with Gasteiger partial charge in [0.1, 0.15) is 5.78 Å². The van der Waals surface area contributed by atoms with Gasteiger partial charge >= 0.3 is 0 Å². The van der Waals surface area contributed by atoms with Crippen LogP contribution in [0.1, 0.15) is 19.4 Å². The Morgan fingerprint density at radius 2 is 1.93 bits per heavy atom. The molecule has 0 aliphatic carbocycles. The number of nitrogens with zero attached hydrogens (tertiary/aromatic N) is 1. The van der Waals surface area contributed by atoms with Gasteiger partial charge in [0.15, 0.2) is 0 Å². The number of halogens is 1. The van der Waals surface area contributed by atoms with Gasteiger partial charge in [-0.15, -0.1) is 0 Å². The molecule has 15 heavy (non-hydrogen) atoms. The number of rotatable bonds is 4. The molecule has 0 fully saturated rings. The fourth-order valence-electron chi connectivity index (χ4n) is 1.33. The lowest BCUT2D eigenvalue weighted by molar-refractivity contribution is -0.121. The molecule has 2 nitrogen and oxygen atoms in total. The highest BCUT2D eigenvalue weighted by atomic mass is 35.5. The van der Waals surface area contributed by atoms with Crippen LogP contribution in [-0.4, -0.2) is 23.8 Å². The first kappa shape index (κ1) is 12.2. The lowest BCUT2D eigenvalue weighted by Crippen LogP contribution is -2.33. The fourth-order valence-corrected chi connectivity index (χ4v) is 1.45. The molecular formula is C12H16ClNO. The molecule has 3 heteroatoms. The van der Waals surface area contributed by atoms with Gasteiger partial charge in [0.25, 0.3) is 0 Å². The summed E-state index contributed by atoms with van der Waals surface area (Å²) >= 11 is 5.79. The van der Waals surface area contributed by atoms with Crippen LogP contribution in [0.3, 0.4) is 0 Å². The Balaban J connectivity index is 2.62. The molecule has 0 aliphatic rings. The third-order valence-corrected chi connectivity index (χ3v) is 2.85. The average Bonchev–Trinajstić information content (AvgIpc) is 2.20. The van der Waals surface area contributed by atoms with Crippen LogP contribution in [0.25, 0.3) is 0 Å². The summed E-state index contributed by atoms with van der Waals surface area (Å²) in [4.78, 5) is 13.2. The summed E-state index contributed by atoms with van der Waals surface area (Å²) in [5.41, 5.74) is 1.16. The molecule has 0 saturated carbocycles. The van der Waals surface area contributed by atoms with Gasteiger partial charge in [-0.1, -0.05) is 23.7 Å². The van der Waals surface area contributed by atoms with E-state index in [0.717, 1.165) is 17.1 Å². The minimum atomic E-state index is -0.0410. The van der Waals surface area contributed by atoms with E-state index < -0.39 is 0 Å². The summed E-state index contributed by atoms with van der Waals surface area (Å²) in [5.74, 6) is 0.187. The van der Waals surface area contributed by atoms with Crippen molar-refractivity contribution in [2.45, 2.75) is 26.4 Å². The Morgan fingerprint density at radius 3 is 2.40 bits per heavy atom. The van der Waals surface area contributed by atoms with Crippen LogP contribution in [0.4, 0.5) is 0 Å². The number of hydrogen-bond donors (Lipinski definition) is 0. The molecule has 0 aliphatic heterocycles. The summed E-state index contributed by atoms with van der Waals surface area (Å²) in [6.07, 6.45) is 0. The highest BCUT2D eigenvalue weighted by Crippen LogP contribution is 2.12. The second-order valence-electron chi connectivity index (χ2n) is 3.83. The van der Waals surface area contributed by atoms with E-state index in [1.165, 1.54) is 0 Å². The normalized spacial score (nSPS) is 12.9. The zero-order chi connectivity index (χ0) is 11.4. The molecule has 0 spiro atoms. The predicted octanol–water partition coefficient (Wildman–Crippen LogP) is 2.75. The summed E-state index contributed by atoms with van der Waals surface area (Å²) < 4.78 is 0. The van der Waals surface area contributed by atoms with E-state index in [0.29, 0.717) is 0 Å². The number of Topliss-reactive ketones (excluding diaryl/α,β-unsaturated/α-hetero) is 1. The highest BCUT2D eigenvalue weighted by Gasteiger charge is 2.13. The molecule has 0 amide bonds. The quantitative estimate of drug-likeness (QED) is 0.786. The van der Waals surface area contributed by atoms with Crippen LogP contribution in [0.15, 0.2) is 24.3 Å². The maximum atomic E-state index is 11.2. The van der Waals surface area contributed by atoms with Crippen LogP contribution in [-0.2, 0) is 11.3 Å². The highest BCUT2D eigenvalue weighted by molar-refractivity contribution is 6.30. The van der Waals surface area contributed by atoms with E-state index in [9.17, 15) is 4.79 Å². The van der Waals surface area contributed by atoms with E-state index in [-0.39, 0.29) is 11.8 Å². The van der Waals surface area contributed by atoms with Crippen molar-refractivity contribution in [3.8, 4) is 0 Å². The van der Waals surface area contributed by atoms with Crippen molar-refractivity contribution in [1.29, 1.82) is 0 Å². The van der Waals surface area contributed by atoms with Crippen molar-refractivity contribution in [2.75, 3.05) is 7.05 Å². The number of hydrogen-bond acceptors (Lipinski definition) is 2. The number of carbonyl (C=O) groups excluding carboxylic acids is 1. The lowest BCUT2D eigenvalue weighted by atomic mass is 10.1. The topological polar surface area (TPSA) is 20.3 Å². The van der Waals surface area contributed by atoms with Gasteiger partial charge in [-0.3, -0.25) is 9.69 Å². The third kappa shape index (κ3) is 3.65. The minimum absolute atomic E-state index is 0.0410. The molecule has 0 heterocycles. The van der Waals surface area contributed by atoms with E-state index in [1.807, 2.05) is 43.1 Å². The molecule has 1 atom stereocenters. The Bertz CT molecular complexity index is 334. The summed E-state index contributed by atoms with van der Waals surface area (Å²) in [5, 5.41) is 0.737. The minimum Gasteiger partial charge on any atom is -0.298 e.